The van der Waals surface area contributed by atoms with Gasteiger partial charge in [-0.1, -0.05) is 69.3 Å². The molecule has 2 saturated heterocycles. The zero-order valence-corrected chi connectivity index (χ0v) is 33.0. The molecule has 7 rings (SSSR count). The average molecular weight is 775 g/mol. The van der Waals surface area contributed by atoms with Crippen LogP contribution in [0.25, 0.3) is 44.4 Å². The highest BCUT2D eigenvalue weighted by Crippen LogP contribution is 2.35. The third-order valence-electron chi connectivity index (χ3n) is 11.1. The van der Waals surface area contributed by atoms with Crippen molar-refractivity contribution in [2.45, 2.75) is 77.0 Å². The van der Waals surface area contributed by atoms with E-state index in [2.05, 4.69) is 86.2 Å². The van der Waals surface area contributed by atoms with Gasteiger partial charge in [0, 0.05) is 18.7 Å². The number of likely N-dealkylation sites (tertiary alicyclic amines) is 2. The van der Waals surface area contributed by atoms with Crippen LogP contribution in [-0.2, 0) is 19.1 Å². The summed E-state index contributed by atoms with van der Waals surface area (Å²) in [6.07, 6.45) is 6.12. The number of rotatable bonds is 11. The van der Waals surface area contributed by atoms with Crippen LogP contribution in [0.3, 0.4) is 0 Å². The van der Waals surface area contributed by atoms with Gasteiger partial charge in [-0.05, 0) is 77.6 Å². The number of H-pyrrole nitrogens is 2. The van der Waals surface area contributed by atoms with E-state index >= 15 is 0 Å². The Morgan fingerprint density at radius 1 is 0.702 bits per heavy atom. The SMILES string of the molecule is CCC(NC(=O)OC)C(=O)N1CCC[C@H]1c1ncc(-c2ccc(-c3ccc4cc(-c5cnc([C@@H]6CCCN6C(=O)C(NC(=O)OC)C(C)C)[nH]5)ccc4c3)cc2)[nH]1. The molecule has 3 aromatic carbocycles. The molecule has 14 heteroatoms. The number of hydrogen-bond donors (Lipinski definition) is 4. The summed E-state index contributed by atoms with van der Waals surface area (Å²) in [5.74, 6) is 1.08. The van der Waals surface area contributed by atoms with E-state index in [0.717, 1.165) is 81.7 Å². The highest BCUT2D eigenvalue weighted by Gasteiger charge is 2.38. The van der Waals surface area contributed by atoms with Gasteiger partial charge in [0.1, 0.15) is 23.7 Å². The van der Waals surface area contributed by atoms with E-state index in [4.69, 9.17) is 14.5 Å². The summed E-state index contributed by atoms with van der Waals surface area (Å²) in [4.78, 5) is 70.6. The molecule has 5 aromatic rings. The van der Waals surface area contributed by atoms with Gasteiger partial charge in [-0.3, -0.25) is 9.59 Å². The topological polar surface area (TPSA) is 175 Å². The summed E-state index contributed by atoms with van der Waals surface area (Å²) in [6, 6.07) is 19.3. The minimum absolute atomic E-state index is 0.104. The maximum Gasteiger partial charge on any atom is 0.407 e. The Labute approximate surface area is 331 Å². The molecule has 2 aliphatic heterocycles. The molecule has 2 unspecified atom stereocenters. The molecular weight excluding hydrogens is 725 g/mol. The Morgan fingerprint density at radius 2 is 1.19 bits per heavy atom. The van der Waals surface area contributed by atoms with Crippen LogP contribution < -0.4 is 10.6 Å². The van der Waals surface area contributed by atoms with Crippen LogP contribution in [0.15, 0.2) is 73.1 Å². The standard InChI is InChI=1S/C43H50N8O6/c1-6-32(48-42(54)56-4)40(52)50-19-7-9-35(50)38-44-23-33(46-38)27-13-11-26(12-14-27)28-15-16-30-22-31(18-17-29(30)21-28)34-24-45-39(47-34)36-10-8-20-51(36)41(53)37(25(2)3)49-43(55)57-5/h11-18,21-25,32,35-37H,6-10,19-20H2,1-5H3,(H,44,46)(H,45,47)(H,48,54)(H,49,55)/t32?,35-,36-,37?/m0/s1. The van der Waals surface area contributed by atoms with Crippen LogP contribution in [0.2, 0.25) is 0 Å². The molecule has 57 heavy (non-hydrogen) atoms. The zero-order chi connectivity index (χ0) is 40.2. The number of carbonyl (C=O) groups excluding carboxylic acids is 4. The van der Waals surface area contributed by atoms with Gasteiger partial charge in [-0.2, -0.15) is 0 Å². The fourth-order valence-electron chi connectivity index (χ4n) is 7.99. The number of ether oxygens (including phenoxy) is 2. The number of nitrogens with one attached hydrogen (secondary N) is 4. The second kappa shape index (κ2) is 16.9. The fraction of sp³-hybridized carbons (Fsp3) is 0.395. The van der Waals surface area contributed by atoms with Crippen LogP contribution in [-0.4, -0.2) is 93.1 Å². The van der Waals surface area contributed by atoms with E-state index in [1.807, 2.05) is 38.1 Å². The second-order valence-electron chi connectivity index (χ2n) is 15.1. The predicted molar refractivity (Wildman–Crippen MR) is 216 cm³/mol. The Hall–Kier alpha value is -6.18. The number of benzene rings is 3. The van der Waals surface area contributed by atoms with Crippen LogP contribution >= 0.6 is 0 Å². The van der Waals surface area contributed by atoms with Crippen molar-refractivity contribution in [1.82, 2.24) is 40.4 Å². The van der Waals surface area contributed by atoms with Gasteiger partial charge in [0.05, 0.1) is 50.1 Å². The van der Waals surface area contributed by atoms with Crippen molar-refractivity contribution >= 4 is 34.8 Å². The number of nitrogens with zero attached hydrogens (tertiary/aromatic N) is 4. The van der Waals surface area contributed by atoms with E-state index in [-0.39, 0.29) is 29.8 Å². The maximum absolute atomic E-state index is 13.6. The number of imidazole rings is 2. The molecule has 0 aliphatic carbocycles. The van der Waals surface area contributed by atoms with Gasteiger partial charge in [0.15, 0.2) is 0 Å². The van der Waals surface area contributed by atoms with Gasteiger partial charge in [0.25, 0.3) is 0 Å². The molecule has 2 aliphatic rings. The smallest absolute Gasteiger partial charge is 0.407 e. The first-order valence-corrected chi connectivity index (χ1v) is 19.6. The van der Waals surface area contributed by atoms with E-state index < -0.39 is 24.3 Å². The molecule has 4 atom stereocenters. The van der Waals surface area contributed by atoms with E-state index in [1.54, 1.807) is 4.90 Å². The number of alkyl carbamates (subject to hydrolysis) is 2. The molecule has 0 spiro atoms. The zero-order valence-electron chi connectivity index (χ0n) is 33.0. The number of carbonyl (C=O) groups is 4. The van der Waals surface area contributed by atoms with E-state index in [9.17, 15) is 19.2 Å². The van der Waals surface area contributed by atoms with Gasteiger partial charge in [0.2, 0.25) is 11.8 Å². The number of amides is 4. The number of fused-ring (bicyclic) bond motifs is 1. The lowest BCUT2D eigenvalue weighted by Gasteiger charge is -2.30. The quantitative estimate of drug-likeness (QED) is 0.110. The lowest BCUT2D eigenvalue weighted by atomic mass is 9.98. The molecule has 4 N–H and O–H groups in total. The van der Waals surface area contributed by atoms with Crippen LogP contribution in [0, 0.1) is 5.92 Å². The minimum atomic E-state index is -0.687. The maximum atomic E-state index is 13.6. The van der Waals surface area contributed by atoms with Gasteiger partial charge in [-0.25, -0.2) is 19.6 Å². The molecule has 0 bridgehead atoms. The summed E-state index contributed by atoms with van der Waals surface area (Å²) in [5.41, 5.74) is 5.89. The van der Waals surface area contributed by atoms with Crippen LogP contribution in [0.4, 0.5) is 9.59 Å². The lowest BCUT2D eigenvalue weighted by molar-refractivity contribution is -0.135. The molecule has 14 nitrogen and oxygen atoms in total. The molecule has 0 radical (unpaired) electrons. The van der Waals surface area contributed by atoms with Crippen molar-refractivity contribution in [2.75, 3.05) is 27.3 Å². The summed E-state index contributed by atoms with van der Waals surface area (Å²) in [7, 11) is 2.58. The van der Waals surface area contributed by atoms with Gasteiger partial charge in [-0.15, -0.1) is 0 Å². The Kier molecular flexibility index (Phi) is 11.6. The van der Waals surface area contributed by atoms with Crippen molar-refractivity contribution in [3.05, 3.63) is 84.7 Å². The fourth-order valence-corrected chi connectivity index (χ4v) is 7.99. The number of aromatic amines is 2. The normalized spacial score (nSPS) is 17.8. The molecular formula is C43H50N8O6. The van der Waals surface area contributed by atoms with Crippen molar-refractivity contribution in [3.63, 3.8) is 0 Å². The largest absolute Gasteiger partial charge is 0.453 e. The molecule has 0 saturated carbocycles. The first-order chi connectivity index (χ1) is 27.6. The number of hydrogen-bond acceptors (Lipinski definition) is 8. The summed E-state index contributed by atoms with van der Waals surface area (Å²) in [6.45, 7) is 6.87. The van der Waals surface area contributed by atoms with E-state index in [0.29, 0.717) is 19.5 Å². The van der Waals surface area contributed by atoms with Crippen molar-refractivity contribution < 1.29 is 28.7 Å². The Morgan fingerprint density at radius 3 is 1.75 bits per heavy atom. The highest BCUT2D eigenvalue weighted by molar-refractivity contribution is 5.91. The first kappa shape index (κ1) is 39.1. The minimum Gasteiger partial charge on any atom is -0.453 e. The highest BCUT2D eigenvalue weighted by atomic mass is 16.5. The third kappa shape index (κ3) is 8.21. The summed E-state index contributed by atoms with van der Waals surface area (Å²) >= 11 is 0. The summed E-state index contributed by atoms with van der Waals surface area (Å²) in [5, 5.41) is 7.54. The Balaban J connectivity index is 1.02. The molecule has 2 fully saturated rings. The lowest BCUT2D eigenvalue weighted by Crippen LogP contribution is -2.51. The van der Waals surface area contributed by atoms with Crippen molar-refractivity contribution in [3.8, 4) is 33.6 Å². The first-order valence-electron chi connectivity index (χ1n) is 19.6. The van der Waals surface area contributed by atoms with Crippen LogP contribution in [0.5, 0.6) is 0 Å². The molecule has 4 heterocycles. The molecule has 4 amide bonds. The Bertz CT molecular complexity index is 2250. The van der Waals surface area contributed by atoms with Gasteiger partial charge >= 0.3 is 12.2 Å². The van der Waals surface area contributed by atoms with E-state index in [1.165, 1.54) is 14.2 Å². The number of aromatic nitrogens is 4. The van der Waals surface area contributed by atoms with Gasteiger partial charge < -0.3 is 39.9 Å². The third-order valence-corrected chi connectivity index (χ3v) is 11.1. The predicted octanol–water partition coefficient (Wildman–Crippen LogP) is 7.13. The van der Waals surface area contributed by atoms with Crippen molar-refractivity contribution in [2.24, 2.45) is 5.92 Å². The van der Waals surface area contributed by atoms with Crippen molar-refractivity contribution in [1.29, 1.82) is 0 Å². The monoisotopic (exact) mass is 774 g/mol. The average Bonchev–Trinajstić information content (AvgIpc) is 4.07. The molecule has 2 aromatic heterocycles. The second-order valence-corrected chi connectivity index (χ2v) is 15.1. The number of methoxy groups -OCH3 is 2. The van der Waals surface area contributed by atoms with Crippen LogP contribution in [0.1, 0.15) is 76.6 Å². The summed E-state index contributed by atoms with van der Waals surface area (Å²) < 4.78 is 9.48. The molecule has 298 valence electrons.